The molecule has 0 heterocycles. The van der Waals surface area contributed by atoms with Gasteiger partial charge in [0.05, 0.1) is 5.02 Å². The Hall–Kier alpha value is -1.65. The summed E-state index contributed by atoms with van der Waals surface area (Å²) in [4.78, 5) is 0. The molecule has 0 amide bonds. The van der Waals surface area contributed by atoms with Gasteiger partial charge in [0, 0.05) is 17.7 Å². The molecule has 2 aromatic carbocycles. The molecule has 106 valence electrons. The molecule has 5 heteroatoms. The zero-order valence-corrected chi connectivity index (χ0v) is 11.8. The van der Waals surface area contributed by atoms with Crippen molar-refractivity contribution >= 4 is 11.6 Å². The highest BCUT2D eigenvalue weighted by molar-refractivity contribution is 6.30. The number of rotatable bonds is 3. The third kappa shape index (κ3) is 3.08. The Kier molecular flexibility index (Phi) is 4.26. The van der Waals surface area contributed by atoms with Crippen LogP contribution in [0.3, 0.4) is 0 Å². The molecule has 0 radical (unpaired) electrons. The third-order valence-corrected chi connectivity index (χ3v) is 3.21. The second kappa shape index (κ2) is 5.77. The number of aryl methyl sites for hydroxylation is 1. The van der Waals surface area contributed by atoms with E-state index in [1.54, 1.807) is 19.9 Å². The van der Waals surface area contributed by atoms with Crippen LogP contribution in [0.15, 0.2) is 30.3 Å². The molecule has 20 heavy (non-hydrogen) atoms. The van der Waals surface area contributed by atoms with Gasteiger partial charge in [-0.25, -0.2) is 8.78 Å². The third-order valence-electron chi connectivity index (χ3n) is 2.90. The van der Waals surface area contributed by atoms with Crippen molar-refractivity contribution in [1.82, 2.24) is 0 Å². The molecule has 2 N–H and O–H groups in total. The summed E-state index contributed by atoms with van der Waals surface area (Å²) in [7, 11) is 0. The van der Waals surface area contributed by atoms with Crippen molar-refractivity contribution < 1.29 is 13.5 Å². The lowest BCUT2D eigenvalue weighted by Gasteiger charge is -2.15. The molecule has 1 atom stereocenters. The first-order valence-electron chi connectivity index (χ1n) is 6.07. The van der Waals surface area contributed by atoms with Crippen LogP contribution in [0.4, 0.5) is 8.78 Å². The summed E-state index contributed by atoms with van der Waals surface area (Å²) < 4.78 is 32.6. The maximum Gasteiger partial charge on any atom is 0.145 e. The Balaban J connectivity index is 2.41. The van der Waals surface area contributed by atoms with E-state index in [4.69, 9.17) is 22.1 Å². The number of ether oxygens (including phenoxy) is 1. The molecule has 2 rings (SSSR count). The number of hydrogen-bond donors (Lipinski definition) is 1. The highest BCUT2D eigenvalue weighted by Gasteiger charge is 2.13. The summed E-state index contributed by atoms with van der Waals surface area (Å²) in [5.41, 5.74) is 6.75. The van der Waals surface area contributed by atoms with Gasteiger partial charge in [0.2, 0.25) is 0 Å². The van der Waals surface area contributed by atoms with E-state index in [-0.39, 0.29) is 16.6 Å². The van der Waals surface area contributed by atoms with Crippen molar-refractivity contribution in [2.24, 2.45) is 5.73 Å². The summed E-state index contributed by atoms with van der Waals surface area (Å²) >= 11 is 5.61. The second-order valence-corrected chi connectivity index (χ2v) is 5.01. The monoisotopic (exact) mass is 297 g/mol. The quantitative estimate of drug-likeness (QED) is 0.888. The Morgan fingerprint density at radius 3 is 2.45 bits per heavy atom. The van der Waals surface area contributed by atoms with Gasteiger partial charge in [-0.1, -0.05) is 11.6 Å². The standard InChI is InChI=1S/C15H14ClF2NO/c1-8-5-15(11(9(2)19)7-13(8)17)20-10-3-4-12(16)14(18)6-10/h3-7,9H,19H2,1-2H3/t9-/m0/s1. The van der Waals surface area contributed by atoms with E-state index < -0.39 is 11.9 Å². The number of benzene rings is 2. The highest BCUT2D eigenvalue weighted by atomic mass is 35.5. The van der Waals surface area contributed by atoms with Crippen LogP contribution in [-0.4, -0.2) is 0 Å². The van der Waals surface area contributed by atoms with Crippen LogP contribution in [-0.2, 0) is 0 Å². The van der Waals surface area contributed by atoms with Gasteiger partial charge in [0.1, 0.15) is 23.1 Å². The second-order valence-electron chi connectivity index (χ2n) is 4.61. The molecule has 0 saturated carbocycles. The van der Waals surface area contributed by atoms with Gasteiger partial charge in [-0.15, -0.1) is 0 Å². The molecule has 0 aliphatic rings. The molecule has 0 spiro atoms. The van der Waals surface area contributed by atoms with Crippen LogP contribution in [0.5, 0.6) is 11.5 Å². The predicted molar refractivity (Wildman–Crippen MR) is 75.2 cm³/mol. The van der Waals surface area contributed by atoms with Crippen molar-refractivity contribution in [3.05, 3.63) is 58.1 Å². The number of hydrogen-bond acceptors (Lipinski definition) is 2. The molecule has 0 aliphatic carbocycles. The lowest BCUT2D eigenvalue weighted by atomic mass is 10.1. The van der Waals surface area contributed by atoms with E-state index in [2.05, 4.69) is 0 Å². The van der Waals surface area contributed by atoms with Crippen LogP contribution in [0.1, 0.15) is 24.1 Å². The topological polar surface area (TPSA) is 35.2 Å². The van der Waals surface area contributed by atoms with Crippen molar-refractivity contribution in [2.75, 3.05) is 0 Å². The van der Waals surface area contributed by atoms with Gasteiger partial charge in [0.25, 0.3) is 0 Å². The average molecular weight is 298 g/mol. The molecule has 2 aromatic rings. The van der Waals surface area contributed by atoms with Gasteiger partial charge < -0.3 is 10.5 Å². The summed E-state index contributed by atoms with van der Waals surface area (Å²) in [6, 6.07) is 6.58. The summed E-state index contributed by atoms with van der Waals surface area (Å²) in [6.45, 7) is 3.34. The van der Waals surface area contributed by atoms with E-state index in [0.717, 1.165) is 0 Å². The van der Waals surface area contributed by atoms with Crippen LogP contribution < -0.4 is 10.5 Å². The van der Waals surface area contributed by atoms with Gasteiger partial charge in [-0.2, -0.15) is 0 Å². The molecule has 2 nitrogen and oxygen atoms in total. The highest BCUT2D eigenvalue weighted by Crippen LogP contribution is 2.32. The molecule has 0 aliphatic heterocycles. The average Bonchev–Trinajstić information content (AvgIpc) is 2.37. The van der Waals surface area contributed by atoms with Gasteiger partial charge in [-0.05, 0) is 43.7 Å². The van der Waals surface area contributed by atoms with Gasteiger partial charge in [0.15, 0.2) is 0 Å². The molecule has 0 saturated heterocycles. The molecule has 0 bridgehead atoms. The summed E-state index contributed by atoms with van der Waals surface area (Å²) in [5.74, 6) is -0.252. The van der Waals surface area contributed by atoms with Crippen LogP contribution in [0, 0.1) is 18.6 Å². The first-order chi connectivity index (χ1) is 9.38. The van der Waals surface area contributed by atoms with Crippen molar-refractivity contribution in [1.29, 1.82) is 0 Å². The van der Waals surface area contributed by atoms with E-state index in [1.807, 2.05) is 0 Å². The van der Waals surface area contributed by atoms with Gasteiger partial charge >= 0.3 is 0 Å². The summed E-state index contributed by atoms with van der Waals surface area (Å²) in [6.07, 6.45) is 0. The van der Waals surface area contributed by atoms with E-state index in [0.29, 0.717) is 16.9 Å². The van der Waals surface area contributed by atoms with E-state index in [9.17, 15) is 8.78 Å². The molecule has 0 aromatic heterocycles. The Labute approximate surface area is 121 Å². The van der Waals surface area contributed by atoms with Crippen molar-refractivity contribution in [2.45, 2.75) is 19.9 Å². The minimum atomic E-state index is -0.578. The van der Waals surface area contributed by atoms with Crippen LogP contribution in [0.2, 0.25) is 5.02 Å². The smallest absolute Gasteiger partial charge is 0.145 e. The fourth-order valence-electron chi connectivity index (χ4n) is 1.78. The lowest BCUT2D eigenvalue weighted by Crippen LogP contribution is -2.08. The Morgan fingerprint density at radius 1 is 1.15 bits per heavy atom. The lowest BCUT2D eigenvalue weighted by molar-refractivity contribution is 0.463. The predicted octanol–water partition coefficient (Wildman–Crippen LogP) is 4.74. The zero-order valence-electron chi connectivity index (χ0n) is 11.1. The first kappa shape index (κ1) is 14.8. The largest absolute Gasteiger partial charge is 0.457 e. The minimum Gasteiger partial charge on any atom is -0.457 e. The fourth-order valence-corrected chi connectivity index (χ4v) is 1.90. The van der Waals surface area contributed by atoms with Crippen molar-refractivity contribution in [3.8, 4) is 11.5 Å². The normalized spacial score (nSPS) is 12.3. The van der Waals surface area contributed by atoms with Crippen molar-refractivity contribution in [3.63, 3.8) is 0 Å². The molecular weight excluding hydrogens is 284 g/mol. The minimum absolute atomic E-state index is 0.0139. The Bertz CT molecular complexity index is 644. The number of nitrogens with two attached hydrogens (primary N) is 1. The van der Waals surface area contributed by atoms with Gasteiger partial charge in [-0.3, -0.25) is 0 Å². The van der Waals surface area contributed by atoms with E-state index >= 15 is 0 Å². The Morgan fingerprint density at radius 2 is 1.85 bits per heavy atom. The fraction of sp³-hybridized carbons (Fsp3) is 0.200. The summed E-state index contributed by atoms with van der Waals surface area (Å²) in [5, 5.41) is 0.0139. The number of halogens is 3. The molecule has 0 fully saturated rings. The first-order valence-corrected chi connectivity index (χ1v) is 6.45. The maximum absolute atomic E-state index is 13.6. The molecule has 0 unspecified atom stereocenters. The maximum atomic E-state index is 13.6. The van der Waals surface area contributed by atoms with E-state index in [1.165, 1.54) is 24.3 Å². The van der Waals surface area contributed by atoms with Crippen LogP contribution in [0.25, 0.3) is 0 Å². The van der Waals surface area contributed by atoms with Crippen LogP contribution >= 0.6 is 11.6 Å². The molecular formula is C15H14ClF2NO. The zero-order chi connectivity index (χ0) is 14.9. The SMILES string of the molecule is Cc1cc(Oc2ccc(Cl)c(F)c2)c([C@H](C)N)cc1F.